The third-order valence-corrected chi connectivity index (χ3v) is 6.55. The molecule has 0 spiro atoms. The normalized spacial score (nSPS) is 20.4. The lowest BCUT2D eigenvalue weighted by molar-refractivity contribution is 0.114. The van der Waals surface area contributed by atoms with E-state index < -0.39 is 0 Å². The molecule has 4 nitrogen and oxygen atoms in total. The molecule has 5 heteroatoms. The minimum atomic E-state index is 0.0969. The Bertz CT molecular complexity index is 1190. The fourth-order valence-corrected chi connectivity index (χ4v) is 5.15. The molecule has 3 aromatic rings. The van der Waals surface area contributed by atoms with Crippen LogP contribution in [-0.4, -0.2) is 22.6 Å². The maximum atomic E-state index is 13.3. The highest BCUT2D eigenvalue weighted by atomic mass is 35.5. The van der Waals surface area contributed by atoms with Gasteiger partial charge >= 0.3 is 0 Å². The van der Waals surface area contributed by atoms with Crippen molar-refractivity contribution in [2.75, 3.05) is 13.1 Å². The summed E-state index contributed by atoms with van der Waals surface area (Å²) in [6.45, 7) is 3.52. The molecule has 0 amide bonds. The van der Waals surface area contributed by atoms with Crippen LogP contribution in [0.25, 0.3) is 11.1 Å². The van der Waals surface area contributed by atoms with Crippen molar-refractivity contribution in [1.29, 1.82) is 5.26 Å². The van der Waals surface area contributed by atoms with Gasteiger partial charge < -0.3 is 4.57 Å². The molecule has 0 radical (unpaired) electrons. The highest BCUT2D eigenvalue weighted by molar-refractivity contribution is 6.30. The zero-order valence-electron chi connectivity index (χ0n) is 16.6. The summed E-state index contributed by atoms with van der Waals surface area (Å²) in [5.74, 6) is 0.831. The first-order valence-corrected chi connectivity index (χ1v) is 10.7. The van der Waals surface area contributed by atoms with Crippen molar-refractivity contribution < 1.29 is 0 Å². The highest BCUT2D eigenvalue weighted by Gasteiger charge is 2.35. The Morgan fingerprint density at radius 3 is 2.67 bits per heavy atom. The number of aromatic nitrogens is 1. The average molecular weight is 416 g/mol. The Labute approximate surface area is 181 Å². The van der Waals surface area contributed by atoms with E-state index in [0.29, 0.717) is 22.4 Å². The van der Waals surface area contributed by atoms with Crippen molar-refractivity contribution >= 4 is 11.6 Å². The van der Waals surface area contributed by atoms with Crippen LogP contribution in [0.2, 0.25) is 5.02 Å². The zero-order chi connectivity index (χ0) is 20.7. The van der Waals surface area contributed by atoms with Crippen LogP contribution >= 0.6 is 11.6 Å². The van der Waals surface area contributed by atoms with Crippen LogP contribution in [-0.2, 0) is 13.1 Å². The SMILES string of the molecule is N#Cc1cccc(CN2C[C@@H]3C[C@H](C2)c2ccc(-c4ccc(Cl)cc4)c(=O)n2C3)c1. The summed E-state index contributed by atoms with van der Waals surface area (Å²) in [5, 5.41) is 9.82. The van der Waals surface area contributed by atoms with E-state index in [1.54, 1.807) is 0 Å². The molecule has 0 aliphatic carbocycles. The second-order valence-corrected chi connectivity index (χ2v) is 8.84. The number of rotatable bonds is 3. The number of likely N-dealkylation sites (tertiary alicyclic amines) is 1. The first-order chi connectivity index (χ1) is 14.6. The van der Waals surface area contributed by atoms with Gasteiger partial charge in [-0.2, -0.15) is 5.26 Å². The maximum Gasteiger partial charge on any atom is 0.258 e. The zero-order valence-corrected chi connectivity index (χ0v) is 17.3. The van der Waals surface area contributed by atoms with E-state index >= 15 is 0 Å². The molecule has 30 heavy (non-hydrogen) atoms. The highest BCUT2D eigenvalue weighted by Crippen LogP contribution is 2.36. The molecule has 150 valence electrons. The van der Waals surface area contributed by atoms with Crippen LogP contribution in [0.5, 0.6) is 0 Å². The van der Waals surface area contributed by atoms with E-state index in [9.17, 15) is 4.79 Å². The van der Waals surface area contributed by atoms with E-state index in [2.05, 4.69) is 23.1 Å². The summed E-state index contributed by atoms with van der Waals surface area (Å²) in [5.41, 5.74) is 4.76. The van der Waals surface area contributed by atoms with Crippen molar-refractivity contribution in [1.82, 2.24) is 9.47 Å². The molecular formula is C25H22ClN3O. The Balaban J connectivity index is 1.41. The molecule has 0 unspecified atom stereocenters. The third-order valence-electron chi connectivity index (χ3n) is 6.30. The number of fused-ring (bicyclic) bond motifs is 4. The molecule has 0 N–H and O–H groups in total. The van der Waals surface area contributed by atoms with Gasteiger partial charge in [-0.25, -0.2) is 0 Å². The summed E-state index contributed by atoms with van der Waals surface area (Å²) < 4.78 is 2.00. The quantitative estimate of drug-likeness (QED) is 0.625. The van der Waals surface area contributed by atoms with Crippen molar-refractivity contribution in [2.45, 2.75) is 25.4 Å². The van der Waals surface area contributed by atoms with Crippen molar-refractivity contribution in [3.8, 4) is 17.2 Å². The van der Waals surface area contributed by atoms with Gasteiger partial charge in [-0.3, -0.25) is 9.69 Å². The van der Waals surface area contributed by atoms with Gasteiger partial charge in [0.2, 0.25) is 0 Å². The van der Waals surface area contributed by atoms with Gasteiger partial charge in [-0.1, -0.05) is 35.9 Å². The van der Waals surface area contributed by atoms with Crippen molar-refractivity contribution in [3.63, 3.8) is 0 Å². The average Bonchev–Trinajstić information content (AvgIpc) is 2.75. The smallest absolute Gasteiger partial charge is 0.258 e. The predicted molar refractivity (Wildman–Crippen MR) is 118 cm³/mol. The number of hydrogen-bond donors (Lipinski definition) is 0. The van der Waals surface area contributed by atoms with Crippen LogP contribution in [0.1, 0.15) is 29.2 Å². The number of nitrogens with zero attached hydrogens (tertiary/aromatic N) is 3. The topological polar surface area (TPSA) is 49.0 Å². The van der Waals surface area contributed by atoms with E-state index in [-0.39, 0.29) is 5.56 Å². The molecule has 3 heterocycles. The predicted octanol–water partition coefficient (Wildman–Crippen LogP) is 4.66. The lowest BCUT2D eigenvalue weighted by atomic mass is 9.82. The second-order valence-electron chi connectivity index (χ2n) is 8.40. The first-order valence-electron chi connectivity index (χ1n) is 10.3. The molecule has 0 saturated carbocycles. The molecule has 1 fully saturated rings. The van der Waals surface area contributed by atoms with E-state index in [4.69, 9.17) is 16.9 Å². The summed E-state index contributed by atoms with van der Waals surface area (Å²) in [6.07, 6.45) is 1.13. The number of halogens is 1. The molecule has 1 saturated heterocycles. The fourth-order valence-electron chi connectivity index (χ4n) is 5.02. The lowest BCUT2D eigenvalue weighted by Crippen LogP contribution is -2.46. The van der Waals surface area contributed by atoms with E-state index in [0.717, 1.165) is 49.4 Å². The summed E-state index contributed by atoms with van der Waals surface area (Å²) in [6, 6.07) is 21.6. The van der Waals surface area contributed by atoms with Gasteiger partial charge in [-0.15, -0.1) is 0 Å². The second kappa shape index (κ2) is 7.75. The van der Waals surface area contributed by atoms with Crippen molar-refractivity contribution in [2.24, 2.45) is 5.92 Å². The van der Waals surface area contributed by atoms with E-state index in [1.807, 2.05) is 53.1 Å². The van der Waals surface area contributed by atoms with Crippen molar-refractivity contribution in [3.05, 3.63) is 92.9 Å². The van der Waals surface area contributed by atoms with Crippen LogP contribution in [0.3, 0.4) is 0 Å². The Kier molecular flexibility index (Phi) is 4.94. The molecule has 2 aromatic carbocycles. The summed E-state index contributed by atoms with van der Waals surface area (Å²) >= 11 is 6.00. The molecule has 2 aliphatic heterocycles. The van der Waals surface area contributed by atoms with Crippen LogP contribution in [0.15, 0.2) is 65.5 Å². The van der Waals surface area contributed by atoms with Gasteiger partial charge in [0.15, 0.2) is 0 Å². The molecule has 5 rings (SSSR count). The minimum absolute atomic E-state index is 0.0969. The molecule has 2 atom stereocenters. The maximum absolute atomic E-state index is 13.3. The molecular weight excluding hydrogens is 394 g/mol. The summed E-state index contributed by atoms with van der Waals surface area (Å²) in [7, 11) is 0. The Hall–Kier alpha value is -2.87. The minimum Gasteiger partial charge on any atom is -0.311 e. The number of benzene rings is 2. The largest absolute Gasteiger partial charge is 0.311 e. The van der Waals surface area contributed by atoms with E-state index in [1.165, 1.54) is 5.56 Å². The van der Waals surface area contributed by atoms with Gasteiger partial charge in [-0.05, 0) is 59.9 Å². The van der Waals surface area contributed by atoms with Gasteiger partial charge in [0, 0.05) is 48.4 Å². The number of pyridine rings is 1. The number of hydrogen-bond acceptors (Lipinski definition) is 3. The Morgan fingerprint density at radius 2 is 1.87 bits per heavy atom. The monoisotopic (exact) mass is 415 g/mol. The first kappa shape index (κ1) is 19.1. The van der Waals surface area contributed by atoms with Crippen LogP contribution in [0.4, 0.5) is 0 Å². The lowest BCUT2D eigenvalue weighted by Gasteiger charge is -2.43. The van der Waals surface area contributed by atoms with Gasteiger partial charge in [0.05, 0.1) is 11.6 Å². The molecule has 2 aliphatic rings. The fraction of sp³-hybridized carbons (Fsp3) is 0.280. The summed E-state index contributed by atoms with van der Waals surface area (Å²) in [4.78, 5) is 15.7. The standard InChI is InChI=1S/C25H22ClN3O/c26-22-6-4-20(5-7-22)23-8-9-24-21-11-19(15-29(24)25(23)30)14-28(16-21)13-18-3-1-2-17(10-18)12-27/h1-10,19,21H,11,13-16H2/t19-,21+/m0/s1. The molecule has 1 aromatic heterocycles. The van der Waals surface area contributed by atoms with Gasteiger partial charge in [0.1, 0.15) is 0 Å². The molecule has 2 bridgehead atoms. The number of piperidine rings is 1. The third kappa shape index (κ3) is 3.56. The Morgan fingerprint density at radius 1 is 1.03 bits per heavy atom. The number of nitriles is 1. The van der Waals surface area contributed by atoms with Gasteiger partial charge in [0.25, 0.3) is 5.56 Å². The van der Waals surface area contributed by atoms with Crippen LogP contribution in [0, 0.1) is 17.2 Å². The van der Waals surface area contributed by atoms with Crippen LogP contribution < -0.4 is 5.56 Å².